The Morgan fingerprint density at radius 2 is 1.94 bits per heavy atom. The van der Waals surface area contributed by atoms with Crippen molar-refractivity contribution < 1.29 is 15.0 Å². The maximum atomic E-state index is 11.4. The molecule has 0 atom stereocenters. The van der Waals surface area contributed by atoms with Gasteiger partial charge in [0.2, 0.25) is 0 Å². The number of aliphatic carboxylic acids is 1. The van der Waals surface area contributed by atoms with Gasteiger partial charge < -0.3 is 10.2 Å². The van der Waals surface area contributed by atoms with Crippen molar-refractivity contribution in [3.63, 3.8) is 0 Å². The van der Waals surface area contributed by atoms with Crippen LogP contribution < -0.4 is 0 Å². The van der Waals surface area contributed by atoms with Gasteiger partial charge in [0.05, 0.1) is 5.41 Å². The molecule has 16 heavy (non-hydrogen) atoms. The largest absolute Gasteiger partial charge is 0.508 e. The lowest BCUT2D eigenvalue weighted by molar-refractivity contribution is -0.147. The maximum Gasteiger partial charge on any atom is 0.314 e. The van der Waals surface area contributed by atoms with E-state index in [1.54, 1.807) is 6.07 Å². The Morgan fingerprint density at radius 3 is 2.38 bits per heavy atom. The first kappa shape index (κ1) is 11.0. The Hall–Kier alpha value is -1.51. The van der Waals surface area contributed by atoms with E-state index >= 15 is 0 Å². The molecule has 0 amide bonds. The Bertz CT molecular complexity index is 445. The van der Waals surface area contributed by atoms with Gasteiger partial charge in [-0.15, -0.1) is 0 Å². The van der Waals surface area contributed by atoms with E-state index in [1.807, 2.05) is 19.9 Å². The number of benzene rings is 1. The van der Waals surface area contributed by atoms with E-state index in [4.69, 9.17) is 0 Å². The quantitative estimate of drug-likeness (QED) is 0.805. The molecule has 1 aliphatic rings. The van der Waals surface area contributed by atoms with E-state index in [0.717, 1.165) is 17.5 Å². The number of rotatable bonds is 2. The van der Waals surface area contributed by atoms with Gasteiger partial charge in [-0.25, -0.2) is 0 Å². The number of aromatic hydroxyl groups is 1. The minimum atomic E-state index is -0.847. The molecule has 0 saturated heterocycles. The molecule has 3 heteroatoms. The van der Waals surface area contributed by atoms with E-state index in [9.17, 15) is 15.0 Å². The van der Waals surface area contributed by atoms with Gasteiger partial charge in [0, 0.05) is 5.56 Å². The second kappa shape index (κ2) is 3.51. The summed E-state index contributed by atoms with van der Waals surface area (Å²) in [5.74, 6) is -0.701. The summed E-state index contributed by atoms with van der Waals surface area (Å²) in [6.45, 7) is 3.82. The highest BCUT2D eigenvalue weighted by atomic mass is 16.4. The van der Waals surface area contributed by atoms with Gasteiger partial charge in [0.1, 0.15) is 5.75 Å². The number of carboxylic acids is 1. The van der Waals surface area contributed by atoms with E-state index in [-0.39, 0.29) is 5.75 Å². The summed E-state index contributed by atoms with van der Waals surface area (Å²) >= 11 is 0. The predicted octanol–water partition coefficient (Wildman–Crippen LogP) is 2.52. The zero-order chi connectivity index (χ0) is 11.9. The van der Waals surface area contributed by atoms with Crippen LogP contribution >= 0.6 is 0 Å². The fourth-order valence-electron chi connectivity index (χ4n) is 2.51. The smallest absolute Gasteiger partial charge is 0.314 e. The third-order valence-electron chi connectivity index (χ3n) is 3.81. The summed E-state index contributed by atoms with van der Waals surface area (Å²) in [5.41, 5.74) is 1.70. The molecule has 2 N–H and O–H groups in total. The molecule has 0 spiro atoms. The lowest BCUT2D eigenvalue weighted by atomic mass is 9.63. The Labute approximate surface area is 94.7 Å². The minimum Gasteiger partial charge on any atom is -0.508 e. The molecule has 1 aromatic carbocycles. The number of phenolic OH excluding ortho intramolecular Hbond substituents is 1. The zero-order valence-corrected chi connectivity index (χ0v) is 9.58. The molecule has 0 aromatic heterocycles. The number of phenols is 1. The van der Waals surface area contributed by atoms with Crippen molar-refractivity contribution in [1.82, 2.24) is 0 Å². The number of carbonyl (C=O) groups is 1. The fourth-order valence-corrected chi connectivity index (χ4v) is 2.51. The molecule has 1 aliphatic carbocycles. The van der Waals surface area contributed by atoms with E-state index in [1.165, 1.54) is 0 Å². The molecule has 3 nitrogen and oxygen atoms in total. The highest BCUT2D eigenvalue weighted by Gasteiger charge is 2.48. The summed E-state index contributed by atoms with van der Waals surface area (Å²) in [6, 6.07) is 3.42. The molecule has 1 aromatic rings. The third-order valence-corrected chi connectivity index (χ3v) is 3.81. The van der Waals surface area contributed by atoms with E-state index in [2.05, 4.69) is 0 Å². The van der Waals surface area contributed by atoms with Gasteiger partial charge in [-0.1, -0.05) is 12.5 Å². The van der Waals surface area contributed by atoms with Crippen molar-refractivity contribution in [3.8, 4) is 5.75 Å². The molecule has 0 bridgehead atoms. The third kappa shape index (κ3) is 1.31. The predicted molar refractivity (Wildman–Crippen MR) is 60.7 cm³/mol. The van der Waals surface area contributed by atoms with E-state index < -0.39 is 11.4 Å². The molecular formula is C13H16O3. The van der Waals surface area contributed by atoms with Crippen LogP contribution in [0.4, 0.5) is 0 Å². The second-order valence-corrected chi connectivity index (χ2v) is 4.64. The van der Waals surface area contributed by atoms with Gasteiger partial charge in [-0.05, 0) is 43.9 Å². The Kier molecular flexibility index (Phi) is 2.41. The van der Waals surface area contributed by atoms with Crippen molar-refractivity contribution in [2.75, 3.05) is 0 Å². The van der Waals surface area contributed by atoms with Crippen molar-refractivity contribution >= 4 is 5.97 Å². The van der Waals surface area contributed by atoms with Crippen molar-refractivity contribution in [2.24, 2.45) is 0 Å². The molecule has 0 radical (unpaired) electrons. The van der Waals surface area contributed by atoms with Gasteiger partial charge in [0.15, 0.2) is 0 Å². The molecule has 0 heterocycles. The van der Waals surface area contributed by atoms with Crippen LogP contribution in [-0.2, 0) is 10.2 Å². The van der Waals surface area contributed by atoms with Crippen LogP contribution in [0.3, 0.4) is 0 Å². The van der Waals surface area contributed by atoms with Gasteiger partial charge in [-0.2, -0.15) is 0 Å². The lowest BCUT2D eigenvalue weighted by Crippen LogP contribution is -2.43. The highest BCUT2D eigenvalue weighted by molar-refractivity contribution is 5.84. The van der Waals surface area contributed by atoms with Crippen LogP contribution in [0.15, 0.2) is 12.1 Å². The Morgan fingerprint density at radius 1 is 1.31 bits per heavy atom. The van der Waals surface area contributed by atoms with Crippen LogP contribution in [0.25, 0.3) is 0 Å². The lowest BCUT2D eigenvalue weighted by Gasteiger charge is -2.39. The van der Waals surface area contributed by atoms with E-state index in [0.29, 0.717) is 18.4 Å². The van der Waals surface area contributed by atoms with Gasteiger partial charge in [-0.3, -0.25) is 4.79 Å². The summed E-state index contributed by atoms with van der Waals surface area (Å²) in [4.78, 5) is 11.4. The standard InChI is InChI=1S/C13H16O3/c1-8-4-5-10(14)11(9(8)2)13(12(15)16)6-3-7-13/h4-5,14H,3,6-7H2,1-2H3,(H,15,16). The first-order valence-corrected chi connectivity index (χ1v) is 5.52. The average molecular weight is 220 g/mol. The normalized spacial score (nSPS) is 17.9. The van der Waals surface area contributed by atoms with Crippen LogP contribution in [0.2, 0.25) is 0 Å². The second-order valence-electron chi connectivity index (χ2n) is 4.64. The van der Waals surface area contributed by atoms with Crippen LogP contribution in [-0.4, -0.2) is 16.2 Å². The molecular weight excluding hydrogens is 204 g/mol. The summed E-state index contributed by atoms with van der Waals surface area (Å²) in [5, 5.41) is 19.3. The minimum absolute atomic E-state index is 0.116. The number of hydrogen-bond acceptors (Lipinski definition) is 2. The van der Waals surface area contributed by atoms with Crippen molar-refractivity contribution in [3.05, 3.63) is 28.8 Å². The first-order chi connectivity index (χ1) is 7.49. The van der Waals surface area contributed by atoms with Crippen LogP contribution in [0.1, 0.15) is 36.0 Å². The van der Waals surface area contributed by atoms with Gasteiger partial charge in [0.25, 0.3) is 0 Å². The first-order valence-electron chi connectivity index (χ1n) is 5.52. The van der Waals surface area contributed by atoms with Crippen LogP contribution in [0, 0.1) is 13.8 Å². The molecule has 0 unspecified atom stereocenters. The molecule has 2 rings (SSSR count). The monoisotopic (exact) mass is 220 g/mol. The average Bonchev–Trinajstić information content (AvgIpc) is 2.15. The summed E-state index contributed by atoms with van der Waals surface area (Å²) < 4.78 is 0. The number of carboxylic acid groups (broad SMARTS) is 1. The highest BCUT2D eigenvalue weighted by Crippen LogP contribution is 2.48. The molecule has 1 saturated carbocycles. The number of aryl methyl sites for hydroxylation is 1. The fraction of sp³-hybridized carbons (Fsp3) is 0.462. The van der Waals surface area contributed by atoms with Gasteiger partial charge >= 0.3 is 5.97 Å². The Balaban J connectivity index is 2.63. The maximum absolute atomic E-state index is 11.4. The number of hydrogen-bond donors (Lipinski definition) is 2. The SMILES string of the molecule is Cc1ccc(O)c(C2(C(=O)O)CCC2)c1C. The zero-order valence-electron chi connectivity index (χ0n) is 9.58. The summed E-state index contributed by atoms with van der Waals surface area (Å²) in [6.07, 6.45) is 2.17. The molecule has 0 aliphatic heterocycles. The topological polar surface area (TPSA) is 57.5 Å². The molecule has 86 valence electrons. The van der Waals surface area contributed by atoms with Crippen LogP contribution in [0.5, 0.6) is 5.75 Å². The molecule has 1 fully saturated rings. The van der Waals surface area contributed by atoms with Crippen molar-refractivity contribution in [1.29, 1.82) is 0 Å². The van der Waals surface area contributed by atoms with Crippen molar-refractivity contribution in [2.45, 2.75) is 38.5 Å². The summed E-state index contributed by atoms with van der Waals surface area (Å²) in [7, 11) is 0.